The minimum absolute atomic E-state index is 0.295. The van der Waals surface area contributed by atoms with E-state index in [1.807, 2.05) is 19.2 Å². The minimum atomic E-state index is 0.295. The van der Waals surface area contributed by atoms with Crippen molar-refractivity contribution in [3.8, 4) is 5.75 Å². The average Bonchev–Trinajstić information content (AvgIpc) is 2.52. The summed E-state index contributed by atoms with van der Waals surface area (Å²) in [4.78, 5) is 0. The average molecular weight is 348 g/mol. The smallest absolute Gasteiger partial charge is 0.133 e. The molecule has 2 aromatic carbocycles. The minimum Gasteiger partial charge on any atom is -0.492 e. The lowest BCUT2D eigenvalue weighted by Crippen LogP contribution is -2.18. The predicted molar refractivity (Wildman–Crippen MR) is 91.9 cm³/mol. The second kappa shape index (κ2) is 8.20. The molecular weight excluding hydrogens is 326 g/mol. The molecule has 2 aromatic rings. The van der Waals surface area contributed by atoms with E-state index >= 15 is 0 Å². The van der Waals surface area contributed by atoms with Crippen molar-refractivity contribution in [2.24, 2.45) is 0 Å². The van der Waals surface area contributed by atoms with E-state index in [2.05, 4.69) is 64.6 Å². The van der Waals surface area contributed by atoms with Crippen LogP contribution in [0.4, 0.5) is 0 Å². The Hall–Kier alpha value is -1.32. The molecule has 0 aliphatic heterocycles. The molecule has 0 aliphatic carbocycles. The third-order valence-corrected chi connectivity index (χ3v) is 4.07. The predicted octanol–water partition coefficient (Wildman–Crippen LogP) is 4.74. The lowest BCUT2D eigenvalue weighted by Gasteiger charge is -2.18. The van der Waals surface area contributed by atoms with E-state index in [1.54, 1.807) is 0 Å². The fourth-order valence-electron chi connectivity index (χ4n) is 2.30. The largest absolute Gasteiger partial charge is 0.492 e. The Kier molecular flexibility index (Phi) is 6.27. The van der Waals surface area contributed by atoms with Gasteiger partial charge in [-0.1, -0.05) is 43.3 Å². The van der Waals surface area contributed by atoms with Crippen LogP contribution in [0.3, 0.4) is 0 Å². The van der Waals surface area contributed by atoms with Crippen LogP contribution in [-0.2, 0) is 6.42 Å². The van der Waals surface area contributed by atoms with Gasteiger partial charge in [0, 0.05) is 6.04 Å². The van der Waals surface area contributed by atoms with Gasteiger partial charge >= 0.3 is 0 Å². The van der Waals surface area contributed by atoms with E-state index in [0.29, 0.717) is 6.04 Å². The van der Waals surface area contributed by atoms with Gasteiger partial charge in [0.05, 0.1) is 11.1 Å². The van der Waals surface area contributed by atoms with Gasteiger partial charge in [0.1, 0.15) is 5.75 Å². The van der Waals surface area contributed by atoms with Gasteiger partial charge in [-0.15, -0.1) is 0 Å². The Balaban J connectivity index is 2.13. The van der Waals surface area contributed by atoms with Crippen molar-refractivity contribution in [1.82, 2.24) is 5.32 Å². The van der Waals surface area contributed by atoms with Crippen molar-refractivity contribution in [2.45, 2.75) is 25.8 Å². The SMILES string of the molecule is CCCOc1ccc(C(Cc2ccccc2)NC)cc1Br. The summed E-state index contributed by atoms with van der Waals surface area (Å²) in [6, 6.07) is 17.2. The summed E-state index contributed by atoms with van der Waals surface area (Å²) < 4.78 is 6.72. The van der Waals surface area contributed by atoms with Gasteiger partial charge in [0.25, 0.3) is 0 Å². The van der Waals surface area contributed by atoms with Crippen LogP contribution >= 0.6 is 15.9 Å². The van der Waals surface area contributed by atoms with Crippen molar-refractivity contribution < 1.29 is 4.74 Å². The Morgan fingerprint density at radius 3 is 2.52 bits per heavy atom. The van der Waals surface area contributed by atoms with Crippen LogP contribution < -0.4 is 10.1 Å². The number of hydrogen-bond acceptors (Lipinski definition) is 2. The summed E-state index contributed by atoms with van der Waals surface area (Å²) in [7, 11) is 2.00. The summed E-state index contributed by atoms with van der Waals surface area (Å²) in [5, 5.41) is 3.40. The van der Waals surface area contributed by atoms with E-state index in [-0.39, 0.29) is 0 Å². The van der Waals surface area contributed by atoms with Crippen LogP contribution in [0.25, 0.3) is 0 Å². The summed E-state index contributed by atoms with van der Waals surface area (Å²) in [6.07, 6.45) is 1.99. The molecule has 2 rings (SSSR count). The molecule has 0 saturated heterocycles. The fourth-order valence-corrected chi connectivity index (χ4v) is 2.81. The van der Waals surface area contributed by atoms with Crippen LogP contribution in [0.2, 0.25) is 0 Å². The standard InChI is InChI=1S/C18H22BrNO/c1-3-11-21-18-10-9-15(13-16(18)19)17(20-2)12-14-7-5-4-6-8-14/h4-10,13,17,20H,3,11-12H2,1-2H3. The van der Waals surface area contributed by atoms with Crippen LogP contribution in [0.1, 0.15) is 30.5 Å². The molecule has 0 bridgehead atoms. The first kappa shape index (κ1) is 16.1. The van der Waals surface area contributed by atoms with Crippen molar-refractivity contribution in [2.75, 3.05) is 13.7 Å². The Morgan fingerprint density at radius 1 is 1.14 bits per heavy atom. The maximum absolute atomic E-state index is 5.71. The number of rotatable bonds is 7. The van der Waals surface area contributed by atoms with E-state index < -0.39 is 0 Å². The topological polar surface area (TPSA) is 21.3 Å². The van der Waals surface area contributed by atoms with Crippen molar-refractivity contribution in [3.63, 3.8) is 0 Å². The zero-order chi connectivity index (χ0) is 15.1. The number of ether oxygens (including phenoxy) is 1. The van der Waals surface area contributed by atoms with E-state index in [1.165, 1.54) is 11.1 Å². The van der Waals surface area contributed by atoms with Gasteiger partial charge in [0.2, 0.25) is 0 Å². The summed E-state index contributed by atoms with van der Waals surface area (Å²) in [6.45, 7) is 2.86. The maximum Gasteiger partial charge on any atom is 0.133 e. The third-order valence-electron chi connectivity index (χ3n) is 3.45. The fraction of sp³-hybridized carbons (Fsp3) is 0.333. The highest BCUT2D eigenvalue weighted by molar-refractivity contribution is 9.10. The quantitative estimate of drug-likeness (QED) is 0.780. The van der Waals surface area contributed by atoms with Crippen LogP contribution in [-0.4, -0.2) is 13.7 Å². The summed E-state index contributed by atoms with van der Waals surface area (Å²) in [5.41, 5.74) is 2.59. The third kappa shape index (κ3) is 4.58. The van der Waals surface area contributed by atoms with Gasteiger partial charge < -0.3 is 10.1 Å². The Morgan fingerprint density at radius 2 is 1.90 bits per heavy atom. The van der Waals surface area contributed by atoms with E-state index in [4.69, 9.17) is 4.74 Å². The van der Waals surface area contributed by atoms with E-state index in [9.17, 15) is 0 Å². The second-order valence-corrected chi connectivity index (χ2v) is 5.92. The molecule has 0 fully saturated rings. The highest BCUT2D eigenvalue weighted by atomic mass is 79.9. The zero-order valence-corrected chi connectivity index (χ0v) is 14.2. The number of likely N-dealkylation sites (N-methyl/N-ethyl adjacent to an activating group) is 1. The maximum atomic E-state index is 5.71. The van der Waals surface area contributed by atoms with Gasteiger partial charge in [-0.3, -0.25) is 0 Å². The Labute approximate surface area is 135 Å². The first-order chi connectivity index (χ1) is 10.2. The molecule has 1 atom stereocenters. The molecule has 0 spiro atoms. The summed E-state index contributed by atoms with van der Waals surface area (Å²) in [5.74, 6) is 0.912. The van der Waals surface area contributed by atoms with Gasteiger partial charge in [-0.05, 0) is 59.1 Å². The molecular formula is C18H22BrNO. The Bertz CT molecular complexity index is 556. The number of nitrogens with one attached hydrogen (secondary N) is 1. The molecule has 0 radical (unpaired) electrons. The molecule has 1 unspecified atom stereocenters. The number of hydrogen-bond donors (Lipinski definition) is 1. The van der Waals surface area contributed by atoms with Crippen molar-refractivity contribution in [1.29, 1.82) is 0 Å². The normalized spacial score (nSPS) is 12.1. The lowest BCUT2D eigenvalue weighted by atomic mass is 9.99. The molecule has 0 amide bonds. The molecule has 0 saturated carbocycles. The highest BCUT2D eigenvalue weighted by Gasteiger charge is 2.12. The lowest BCUT2D eigenvalue weighted by molar-refractivity contribution is 0.315. The van der Waals surface area contributed by atoms with Crippen LogP contribution in [0, 0.1) is 0 Å². The molecule has 1 N–H and O–H groups in total. The number of halogens is 1. The van der Waals surface area contributed by atoms with Gasteiger partial charge in [-0.25, -0.2) is 0 Å². The van der Waals surface area contributed by atoms with Crippen molar-refractivity contribution in [3.05, 3.63) is 64.1 Å². The molecule has 0 aromatic heterocycles. The van der Waals surface area contributed by atoms with Crippen LogP contribution in [0.15, 0.2) is 53.0 Å². The van der Waals surface area contributed by atoms with Crippen molar-refractivity contribution >= 4 is 15.9 Å². The molecule has 3 heteroatoms. The van der Waals surface area contributed by atoms with Gasteiger partial charge in [0.15, 0.2) is 0 Å². The molecule has 112 valence electrons. The van der Waals surface area contributed by atoms with E-state index in [0.717, 1.165) is 29.7 Å². The monoisotopic (exact) mass is 347 g/mol. The molecule has 0 aliphatic rings. The molecule has 0 heterocycles. The summed E-state index contributed by atoms with van der Waals surface area (Å²) >= 11 is 3.61. The molecule has 2 nitrogen and oxygen atoms in total. The highest BCUT2D eigenvalue weighted by Crippen LogP contribution is 2.29. The second-order valence-electron chi connectivity index (χ2n) is 5.07. The first-order valence-corrected chi connectivity index (χ1v) is 8.17. The molecule has 21 heavy (non-hydrogen) atoms. The van der Waals surface area contributed by atoms with Gasteiger partial charge in [-0.2, -0.15) is 0 Å². The number of benzene rings is 2. The zero-order valence-electron chi connectivity index (χ0n) is 12.6. The van der Waals surface area contributed by atoms with Crippen LogP contribution in [0.5, 0.6) is 5.75 Å². The first-order valence-electron chi connectivity index (χ1n) is 7.38.